The molecular weight excluding hydrogens is 470 g/mol. The van der Waals surface area contributed by atoms with Gasteiger partial charge in [0.2, 0.25) is 5.78 Å². The number of hydrogen-bond acceptors (Lipinski definition) is 6. The number of rotatable bonds is 10. The minimum absolute atomic E-state index is 0.000531. The molecule has 0 radical (unpaired) electrons. The van der Waals surface area contributed by atoms with Gasteiger partial charge in [-0.25, -0.2) is 0 Å². The molecule has 1 atom stereocenters. The molecule has 7 heteroatoms. The molecule has 1 aromatic heterocycles. The van der Waals surface area contributed by atoms with Crippen LogP contribution in [0.5, 0.6) is 5.75 Å². The smallest absolute Gasteiger partial charge is 0.290 e. The Bertz CT molecular complexity index is 1400. The highest BCUT2D eigenvalue weighted by Gasteiger charge is 2.44. The monoisotopic (exact) mass is 497 g/mol. The Kier molecular flexibility index (Phi) is 7.05. The number of fused-ring (bicyclic) bond motifs is 1. The van der Waals surface area contributed by atoms with Crippen LogP contribution in [0.25, 0.3) is 11.0 Å². The summed E-state index contributed by atoms with van der Waals surface area (Å²) in [6.45, 7) is 1.17. The van der Waals surface area contributed by atoms with E-state index in [9.17, 15) is 14.7 Å². The summed E-state index contributed by atoms with van der Waals surface area (Å²) in [5, 5.41) is 11.6. The second-order valence-electron chi connectivity index (χ2n) is 8.83. The van der Waals surface area contributed by atoms with Crippen LogP contribution < -0.4 is 4.74 Å². The zero-order chi connectivity index (χ0) is 25.8. The van der Waals surface area contributed by atoms with Gasteiger partial charge in [-0.1, -0.05) is 60.7 Å². The van der Waals surface area contributed by atoms with Crippen LogP contribution in [-0.2, 0) is 16.1 Å². The van der Waals surface area contributed by atoms with Crippen molar-refractivity contribution in [3.05, 3.63) is 113 Å². The summed E-state index contributed by atoms with van der Waals surface area (Å²) in [5.41, 5.74) is 2.29. The van der Waals surface area contributed by atoms with Gasteiger partial charge >= 0.3 is 0 Å². The molecule has 1 N–H and O–H groups in total. The zero-order valence-corrected chi connectivity index (χ0v) is 20.4. The van der Waals surface area contributed by atoms with Crippen molar-refractivity contribution >= 4 is 22.7 Å². The first-order chi connectivity index (χ1) is 18.1. The minimum Gasteiger partial charge on any atom is -0.503 e. The molecule has 3 aromatic carbocycles. The Morgan fingerprint density at radius 1 is 1.00 bits per heavy atom. The normalized spacial score (nSPS) is 15.5. The molecule has 0 saturated carbocycles. The average Bonchev–Trinajstić information content (AvgIpc) is 3.47. The van der Waals surface area contributed by atoms with E-state index in [-0.39, 0.29) is 11.3 Å². The van der Waals surface area contributed by atoms with Gasteiger partial charge < -0.3 is 23.9 Å². The van der Waals surface area contributed by atoms with E-state index in [2.05, 4.69) is 0 Å². The third kappa shape index (κ3) is 4.99. The summed E-state index contributed by atoms with van der Waals surface area (Å²) in [4.78, 5) is 28.2. The Morgan fingerprint density at radius 2 is 1.73 bits per heavy atom. The van der Waals surface area contributed by atoms with Crippen LogP contribution in [0.4, 0.5) is 0 Å². The molecule has 1 amide bonds. The fraction of sp³-hybridized carbons (Fsp3) is 0.200. The number of ether oxygens (including phenoxy) is 2. The molecule has 188 valence electrons. The molecule has 1 aliphatic heterocycles. The largest absolute Gasteiger partial charge is 0.503 e. The van der Waals surface area contributed by atoms with E-state index in [0.717, 1.165) is 10.9 Å². The molecule has 0 fully saturated rings. The second kappa shape index (κ2) is 10.7. The number of para-hydroxylation sites is 1. The maximum Gasteiger partial charge on any atom is 0.290 e. The van der Waals surface area contributed by atoms with Gasteiger partial charge in [0.05, 0.1) is 11.6 Å². The number of amides is 1. The van der Waals surface area contributed by atoms with E-state index in [1.807, 2.05) is 60.7 Å². The van der Waals surface area contributed by atoms with Gasteiger partial charge in [-0.3, -0.25) is 9.59 Å². The molecule has 1 aliphatic rings. The van der Waals surface area contributed by atoms with Crippen molar-refractivity contribution < 1.29 is 28.6 Å². The zero-order valence-electron chi connectivity index (χ0n) is 20.4. The average molecular weight is 498 g/mol. The van der Waals surface area contributed by atoms with Gasteiger partial charge in [-0.2, -0.15) is 0 Å². The van der Waals surface area contributed by atoms with Crippen molar-refractivity contribution in [1.82, 2.24) is 4.90 Å². The van der Waals surface area contributed by atoms with Crippen LogP contribution in [0, 0.1) is 0 Å². The van der Waals surface area contributed by atoms with Crippen molar-refractivity contribution in [2.24, 2.45) is 0 Å². The third-order valence-corrected chi connectivity index (χ3v) is 6.39. The molecule has 0 bridgehead atoms. The molecule has 4 aromatic rings. The number of carbonyl (C=O) groups is 2. The predicted molar refractivity (Wildman–Crippen MR) is 138 cm³/mol. The Hall–Kier alpha value is -4.36. The lowest BCUT2D eigenvalue weighted by molar-refractivity contribution is -0.129. The molecular formula is C30H27NO6. The molecule has 5 rings (SSSR count). The first kappa shape index (κ1) is 24.3. The summed E-state index contributed by atoms with van der Waals surface area (Å²) < 4.78 is 16.8. The van der Waals surface area contributed by atoms with Crippen molar-refractivity contribution in [3.63, 3.8) is 0 Å². The summed E-state index contributed by atoms with van der Waals surface area (Å²) in [6.07, 6.45) is 0.552. The summed E-state index contributed by atoms with van der Waals surface area (Å²) >= 11 is 0. The number of methoxy groups -OCH3 is 1. The van der Waals surface area contributed by atoms with Crippen molar-refractivity contribution in [2.75, 3.05) is 20.3 Å². The number of benzene rings is 3. The minimum atomic E-state index is -0.770. The Balaban J connectivity index is 1.45. The standard InChI is InChI=1S/C30H27NO6/c1-35-17-7-16-31-27(21-12-14-23(15-13-21)36-19-20-8-3-2-4-9-20)26(29(33)30(31)34)28(32)25-18-22-10-5-6-11-24(22)37-25/h2-6,8-15,18,27,33H,7,16-17,19H2,1H3. The van der Waals surface area contributed by atoms with E-state index in [1.165, 1.54) is 4.90 Å². The SMILES string of the molecule is COCCCN1C(=O)C(O)=C(C(=O)c2cc3ccccc3o2)C1c1ccc(OCc2ccccc2)cc1. The fourth-order valence-corrected chi connectivity index (χ4v) is 4.56. The molecule has 2 heterocycles. The quantitative estimate of drug-likeness (QED) is 0.226. The lowest BCUT2D eigenvalue weighted by Crippen LogP contribution is -2.32. The number of aliphatic hydroxyl groups is 1. The maximum absolute atomic E-state index is 13.6. The van der Waals surface area contributed by atoms with Gasteiger partial charge in [0.15, 0.2) is 11.5 Å². The molecule has 0 spiro atoms. The van der Waals surface area contributed by atoms with Gasteiger partial charge in [0, 0.05) is 25.6 Å². The van der Waals surface area contributed by atoms with Gasteiger partial charge in [0.25, 0.3) is 5.91 Å². The van der Waals surface area contributed by atoms with Crippen LogP contribution in [0.1, 0.15) is 34.1 Å². The van der Waals surface area contributed by atoms with Crippen molar-refractivity contribution in [3.8, 4) is 5.75 Å². The van der Waals surface area contributed by atoms with Crippen LogP contribution in [0.2, 0.25) is 0 Å². The number of furan rings is 1. The third-order valence-electron chi connectivity index (χ3n) is 6.39. The molecule has 1 unspecified atom stereocenters. The molecule has 0 saturated heterocycles. The maximum atomic E-state index is 13.6. The summed E-state index contributed by atoms with van der Waals surface area (Å²) in [5.74, 6) is -0.948. The van der Waals surface area contributed by atoms with Crippen LogP contribution >= 0.6 is 0 Å². The van der Waals surface area contributed by atoms with Gasteiger partial charge in [-0.05, 0) is 41.8 Å². The lowest BCUT2D eigenvalue weighted by Gasteiger charge is -2.26. The first-order valence-electron chi connectivity index (χ1n) is 12.1. The highest BCUT2D eigenvalue weighted by atomic mass is 16.5. The highest BCUT2D eigenvalue weighted by Crippen LogP contribution is 2.40. The molecule has 0 aliphatic carbocycles. The number of nitrogens with zero attached hydrogens (tertiary/aromatic N) is 1. The topological polar surface area (TPSA) is 89.2 Å². The summed E-state index contributed by atoms with van der Waals surface area (Å²) in [6, 6.07) is 25.2. The van der Waals surface area contributed by atoms with Crippen LogP contribution in [-0.4, -0.2) is 42.0 Å². The number of hydrogen-bond donors (Lipinski definition) is 1. The second-order valence-corrected chi connectivity index (χ2v) is 8.83. The van der Waals surface area contributed by atoms with E-state index in [0.29, 0.717) is 43.1 Å². The predicted octanol–water partition coefficient (Wildman–Crippen LogP) is 5.63. The Morgan fingerprint density at radius 3 is 2.46 bits per heavy atom. The van der Waals surface area contributed by atoms with Crippen molar-refractivity contribution in [2.45, 2.75) is 19.1 Å². The number of aliphatic hydroxyl groups excluding tert-OH is 1. The van der Waals surface area contributed by atoms with E-state index in [1.54, 1.807) is 31.4 Å². The Labute approximate surface area is 214 Å². The molecule has 37 heavy (non-hydrogen) atoms. The van der Waals surface area contributed by atoms with E-state index in [4.69, 9.17) is 13.9 Å². The highest BCUT2D eigenvalue weighted by molar-refractivity contribution is 6.16. The fourth-order valence-electron chi connectivity index (χ4n) is 4.56. The van der Waals surface area contributed by atoms with Crippen LogP contribution in [0.3, 0.4) is 0 Å². The first-order valence-corrected chi connectivity index (χ1v) is 12.1. The van der Waals surface area contributed by atoms with Gasteiger partial charge in [0.1, 0.15) is 17.9 Å². The number of carbonyl (C=O) groups excluding carboxylic acids is 2. The van der Waals surface area contributed by atoms with E-state index >= 15 is 0 Å². The van der Waals surface area contributed by atoms with Gasteiger partial charge in [-0.15, -0.1) is 0 Å². The summed E-state index contributed by atoms with van der Waals surface area (Å²) in [7, 11) is 1.59. The van der Waals surface area contributed by atoms with Crippen molar-refractivity contribution in [1.29, 1.82) is 0 Å². The lowest BCUT2D eigenvalue weighted by atomic mass is 9.95. The number of Topliss-reactive ketones (excluding diaryl/α,β-unsaturated/α-hetero) is 1. The van der Waals surface area contributed by atoms with E-state index < -0.39 is 23.5 Å². The molecule has 7 nitrogen and oxygen atoms in total. The number of ketones is 1. The van der Waals surface area contributed by atoms with Crippen LogP contribution in [0.15, 0.2) is 101 Å².